The Kier molecular flexibility index (Phi) is 4.05. The Morgan fingerprint density at radius 3 is 2.56 bits per heavy atom. The number of ether oxygens (including phenoxy) is 1. The minimum absolute atomic E-state index is 0.0469. The molecule has 1 aromatic rings. The van der Waals surface area contributed by atoms with E-state index in [-0.39, 0.29) is 18.2 Å². The van der Waals surface area contributed by atoms with Gasteiger partial charge in [0.15, 0.2) is 5.78 Å². The van der Waals surface area contributed by atoms with Crippen molar-refractivity contribution in [3.05, 3.63) is 29.3 Å². The van der Waals surface area contributed by atoms with Crippen LogP contribution in [0.2, 0.25) is 0 Å². The molecule has 0 amide bonds. The van der Waals surface area contributed by atoms with E-state index >= 15 is 0 Å². The van der Waals surface area contributed by atoms with Crippen LogP contribution in [-0.2, 0) is 16.0 Å². The van der Waals surface area contributed by atoms with Gasteiger partial charge < -0.3 is 10.5 Å². The van der Waals surface area contributed by atoms with Gasteiger partial charge in [-0.2, -0.15) is 0 Å². The van der Waals surface area contributed by atoms with E-state index in [2.05, 4.69) is 0 Å². The van der Waals surface area contributed by atoms with Crippen LogP contribution in [0.4, 0.5) is 5.69 Å². The van der Waals surface area contributed by atoms with Gasteiger partial charge in [-0.15, -0.1) is 0 Å². The van der Waals surface area contributed by atoms with E-state index in [4.69, 9.17) is 10.5 Å². The maximum atomic E-state index is 11.2. The van der Waals surface area contributed by atoms with Gasteiger partial charge in [0.05, 0.1) is 13.0 Å². The molecule has 16 heavy (non-hydrogen) atoms. The molecule has 0 saturated heterocycles. The monoisotopic (exact) mass is 221 g/mol. The molecule has 0 spiro atoms. The molecule has 0 atom stereocenters. The van der Waals surface area contributed by atoms with Crippen LogP contribution in [-0.4, -0.2) is 18.4 Å². The van der Waals surface area contributed by atoms with Crippen LogP contribution in [0.1, 0.15) is 29.8 Å². The smallest absolute Gasteiger partial charge is 0.310 e. The lowest BCUT2D eigenvalue weighted by atomic mass is 10.0. The van der Waals surface area contributed by atoms with Gasteiger partial charge in [0.1, 0.15) is 0 Å². The van der Waals surface area contributed by atoms with Crippen LogP contribution in [0.15, 0.2) is 18.2 Å². The molecule has 0 aliphatic rings. The number of nitrogen functional groups attached to an aromatic ring is 1. The Balaban J connectivity index is 2.83. The van der Waals surface area contributed by atoms with Gasteiger partial charge in [-0.25, -0.2) is 0 Å². The van der Waals surface area contributed by atoms with Crippen molar-refractivity contribution in [2.45, 2.75) is 20.3 Å². The Hall–Kier alpha value is -1.84. The number of hydrogen-bond donors (Lipinski definition) is 1. The van der Waals surface area contributed by atoms with E-state index in [0.717, 1.165) is 0 Å². The SMILES string of the molecule is CCOC(=O)Cc1ccc(C(C)=O)cc1N. The third-order valence-electron chi connectivity index (χ3n) is 2.19. The molecule has 0 bridgehead atoms. The van der Waals surface area contributed by atoms with Gasteiger partial charge in [-0.05, 0) is 25.5 Å². The van der Waals surface area contributed by atoms with Gasteiger partial charge in [0.25, 0.3) is 0 Å². The summed E-state index contributed by atoms with van der Waals surface area (Å²) in [5.74, 6) is -0.362. The number of carbonyl (C=O) groups is 2. The Morgan fingerprint density at radius 1 is 1.38 bits per heavy atom. The van der Waals surface area contributed by atoms with Crippen molar-refractivity contribution in [3.8, 4) is 0 Å². The van der Waals surface area contributed by atoms with E-state index in [1.54, 1.807) is 25.1 Å². The number of anilines is 1. The first-order chi connectivity index (χ1) is 7.54. The third-order valence-corrected chi connectivity index (χ3v) is 2.19. The average Bonchev–Trinajstić information content (AvgIpc) is 2.21. The maximum absolute atomic E-state index is 11.2. The number of rotatable bonds is 4. The maximum Gasteiger partial charge on any atom is 0.310 e. The summed E-state index contributed by atoms with van der Waals surface area (Å²) in [5, 5.41) is 0. The second kappa shape index (κ2) is 5.30. The highest BCUT2D eigenvalue weighted by molar-refractivity contribution is 5.95. The van der Waals surface area contributed by atoms with E-state index in [9.17, 15) is 9.59 Å². The van der Waals surface area contributed by atoms with Gasteiger partial charge in [-0.3, -0.25) is 9.59 Å². The van der Waals surface area contributed by atoms with E-state index in [1.165, 1.54) is 6.92 Å². The summed E-state index contributed by atoms with van der Waals surface area (Å²) in [6.07, 6.45) is 0.137. The minimum Gasteiger partial charge on any atom is -0.466 e. The molecular formula is C12H15NO3. The molecule has 0 aliphatic heterocycles. The first kappa shape index (κ1) is 12.2. The van der Waals surface area contributed by atoms with E-state index < -0.39 is 0 Å². The molecule has 0 heterocycles. The highest BCUT2D eigenvalue weighted by Crippen LogP contribution is 2.15. The van der Waals surface area contributed by atoms with Gasteiger partial charge >= 0.3 is 5.97 Å². The quantitative estimate of drug-likeness (QED) is 0.476. The number of benzene rings is 1. The number of nitrogens with two attached hydrogens (primary N) is 1. The lowest BCUT2D eigenvalue weighted by Gasteiger charge is -2.06. The molecule has 0 unspecified atom stereocenters. The van der Waals surface area contributed by atoms with Gasteiger partial charge in [0, 0.05) is 11.3 Å². The Morgan fingerprint density at radius 2 is 2.06 bits per heavy atom. The van der Waals surface area contributed by atoms with Crippen LogP contribution in [0, 0.1) is 0 Å². The highest BCUT2D eigenvalue weighted by Gasteiger charge is 2.09. The van der Waals surface area contributed by atoms with Crippen molar-refractivity contribution >= 4 is 17.4 Å². The Labute approximate surface area is 94.4 Å². The molecule has 2 N–H and O–H groups in total. The predicted octanol–water partition coefficient (Wildman–Crippen LogP) is 1.58. The van der Waals surface area contributed by atoms with Gasteiger partial charge in [-0.1, -0.05) is 12.1 Å². The summed E-state index contributed by atoms with van der Waals surface area (Å²) in [4.78, 5) is 22.3. The first-order valence-corrected chi connectivity index (χ1v) is 5.09. The number of hydrogen-bond acceptors (Lipinski definition) is 4. The molecule has 0 aliphatic carbocycles. The molecule has 0 fully saturated rings. The van der Waals surface area contributed by atoms with Gasteiger partial charge in [0.2, 0.25) is 0 Å². The third kappa shape index (κ3) is 3.08. The lowest BCUT2D eigenvalue weighted by molar-refractivity contribution is -0.142. The summed E-state index contributed by atoms with van der Waals surface area (Å²) >= 11 is 0. The summed E-state index contributed by atoms with van der Waals surface area (Å²) in [5.41, 5.74) is 7.42. The first-order valence-electron chi connectivity index (χ1n) is 5.09. The van der Waals surface area contributed by atoms with E-state index in [1.807, 2.05) is 0 Å². The molecular weight excluding hydrogens is 206 g/mol. The fourth-order valence-corrected chi connectivity index (χ4v) is 1.34. The fraction of sp³-hybridized carbons (Fsp3) is 0.333. The predicted molar refractivity (Wildman–Crippen MR) is 61.2 cm³/mol. The average molecular weight is 221 g/mol. The molecule has 0 saturated carbocycles. The summed E-state index contributed by atoms with van der Waals surface area (Å²) in [6, 6.07) is 4.92. The number of Topliss-reactive ketones (excluding diaryl/α,β-unsaturated/α-hetero) is 1. The van der Waals surface area contributed by atoms with Crippen molar-refractivity contribution < 1.29 is 14.3 Å². The summed E-state index contributed by atoms with van der Waals surface area (Å²) in [7, 11) is 0. The number of ketones is 1. The normalized spacial score (nSPS) is 9.88. The zero-order chi connectivity index (χ0) is 12.1. The topological polar surface area (TPSA) is 69.4 Å². The fourth-order valence-electron chi connectivity index (χ4n) is 1.34. The van der Waals surface area contributed by atoms with Crippen LogP contribution < -0.4 is 5.73 Å². The molecule has 4 nitrogen and oxygen atoms in total. The van der Waals surface area contributed by atoms with Crippen LogP contribution >= 0.6 is 0 Å². The summed E-state index contributed by atoms with van der Waals surface area (Å²) in [6.45, 7) is 3.57. The van der Waals surface area contributed by atoms with Crippen molar-refractivity contribution in [1.29, 1.82) is 0 Å². The van der Waals surface area contributed by atoms with Crippen LogP contribution in [0.3, 0.4) is 0 Å². The van der Waals surface area contributed by atoms with Crippen molar-refractivity contribution in [1.82, 2.24) is 0 Å². The number of esters is 1. The number of carbonyl (C=O) groups excluding carboxylic acids is 2. The van der Waals surface area contributed by atoms with Crippen molar-refractivity contribution in [2.75, 3.05) is 12.3 Å². The second-order valence-electron chi connectivity index (χ2n) is 3.45. The van der Waals surface area contributed by atoms with Crippen LogP contribution in [0.5, 0.6) is 0 Å². The molecule has 86 valence electrons. The van der Waals surface area contributed by atoms with E-state index in [0.29, 0.717) is 23.4 Å². The minimum atomic E-state index is -0.315. The molecule has 4 heteroatoms. The molecule has 1 rings (SSSR count). The zero-order valence-corrected chi connectivity index (χ0v) is 9.45. The standard InChI is InChI=1S/C12H15NO3/c1-3-16-12(15)7-10-5-4-9(8(2)14)6-11(10)13/h4-6H,3,7,13H2,1-2H3. The zero-order valence-electron chi connectivity index (χ0n) is 9.45. The molecule has 1 aromatic carbocycles. The second-order valence-corrected chi connectivity index (χ2v) is 3.45. The largest absolute Gasteiger partial charge is 0.466 e. The van der Waals surface area contributed by atoms with Crippen LogP contribution in [0.25, 0.3) is 0 Å². The molecule has 0 radical (unpaired) electrons. The van der Waals surface area contributed by atoms with Crippen molar-refractivity contribution in [3.63, 3.8) is 0 Å². The molecule has 0 aromatic heterocycles. The highest BCUT2D eigenvalue weighted by atomic mass is 16.5. The lowest BCUT2D eigenvalue weighted by Crippen LogP contribution is -2.09. The van der Waals surface area contributed by atoms with Crippen molar-refractivity contribution in [2.24, 2.45) is 0 Å². The Bertz CT molecular complexity index is 413. The summed E-state index contributed by atoms with van der Waals surface area (Å²) < 4.78 is 4.82.